The van der Waals surface area contributed by atoms with E-state index in [1.165, 1.54) is 0 Å². The molecule has 0 amide bonds. The Labute approximate surface area is 152 Å². The van der Waals surface area contributed by atoms with Crippen molar-refractivity contribution in [1.82, 2.24) is 10.1 Å². The van der Waals surface area contributed by atoms with Gasteiger partial charge in [-0.05, 0) is 64.2 Å². The van der Waals surface area contributed by atoms with Gasteiger partial charge in [-0.2, -0.15) is 0 Å². The summed E-state index contributed by atoms with van der Waals surface area (Å²) >= 11 is 0. The van der Waals surface area contributed by atoms with Gasteiger partial charge in [-0.1, -0.05) is 16.8 Å². The van der Waals surface area contributed by atoms with Gasteiger partial charge in [0, 0.05) is 11.1 Å². The van der Waals surface area contributed by atoms with Crippen molar-refractivity contribution in [1.29, 1.82) is 0 Å². The second-order valence-corrected chi connectivity index (χ2v) is 7.02. The number of benzene rings is 1. The van der Waals surface area contributed by atoms with Crippen molar-refractivity contribution in [3.05, 3.63) is 57.6 Å². The minimum absolute atomic E-state index is 0.171. The SMILES string of the molecule is Cc1ccc2nc3c(c(C(=O)OCc4c(C)noc4C)c2c1)CCCC3. The fourth-order valence-corrected chi connectivity index (χ4v) is 3.69. The van der Waals surface area contributed by atoms with Gasteiger partial charge in [-0.3, -0.25) is 4.98 Å². The van der Waals surface area contributed by atoms with Crippen LogP contribution in [0.4, 0.5) is 0 Å². The molecule has 4 rings (SSSR count). The summed E-state index contributed by atoms with van der Waals surface area (Å²) in [7, 11) is 0. The highest BCUT2D eigenvalue weighted by Gasteiger charge is 2.24. The number of aromatic nitrogens is 2. The summed E-state index contributed by atoms with van der Waals surface area (Å²) in [5.41, 5.74) is 6.33. The van der Waals surface area contributed by atoms with Crippen LogP contribution in [0.5, 0.6) is 0 Å². The quantitative estimate of drug-likeness (QED) is 0.656. The molecule has 0 saturated carbocycles. The van der Waals surface area contributed by atoms with Crippen molar-refractivity contribution < 1.29 is 14.1 Å². The first kappa shape index (κ1) is 16.8. The lowest BCUT2D eigenvalue weighted by Crippen LogP contribution is -2.16. The van der Waals surface area contributed by atoms with Crippen molar-refractivity contribution in [3.8, 4) is 0 Å². The number of esters is 1. The van der Waals surface area contributed by atoms with Crippen LogP contribution in [0, 0.1) is 20.8 Å². The van der Waals surface area contributed by atoms with Crippen molar-refractivity contribution in [3.63, 3.8) is 0 Å². The largest absolute Gasteiger partial charge is 0.457 e. The molecule has 0 atom stereocenters. The molecular weight excluding hydrogens is 328 g/mol. The zero-order valence-corrected chi connectivity index (χ0v) is 15.4. The van der Waals surface area contributed by atoms with E-state index in [9.17, 15) is 4.79 Å². The average Bonchev–Trinajstić information content (AvgIpc) is 2.95. The zero-order chi connectivity index (χ0) is 18.3. The summed E-state index contributed by atoms with van der Waals surface area (Å²) in [6, 6.07) is 6.05. The van der Waals surface area contributed by atoms with E-state index in [1.807, 2.05) is 39.0 Å². The Bertz CT molecular complexity index is 985. The first-order valence-corrected chi connectivity index (χ1v) is 9.05. The number of carbonyl (C=O) groups excluding carboxylic acids is 1. The monoisotopic (exact) mass is 350 g/mol. The van der Waals surface area contributed by atoms with E-state index in [2.05, 4.69) is 5.16 Å². The molecule has 2 aromatic heterocycles. The fraction of sp³-hybridized carbons (Fsp3) is 0.381. The Balaban J connectivity index is 1.76. The minimum atomic E-state index is -0.291. The first-order chi connectivity index (χ1) is 12.5. The summed E-state index contributed by atoms with van der Waals surface area (Å²) in [5, 5.41) is 4.81. The van der Waals surface area contributed by atoms with E-state index in [-0.39, 0.29) is 12.6 Å². The second kappa shape index (κ2) is 6.56. The molecule has 134 valence electrons. The smallest absolute Gasteiger partial charge is 0.339 e. The summed E-state index contributed by atoms with van der Waals surface area (Å²) < 4.78 is 10.8. The molecule has 0 radical (unpaired) electrons. The molecule has 0 fully saturated rings. The van der Waals surface area contributed by atoms with Gasteiger partial charge in [0.1, 0.15) is 12.4 Å². The lowest BCUT2D eigenvalue weighted by atomic mass is 9.89. The van der Waals surface area contributed by atoms with Crippen LogP contribution in [0.2, 0.25) is 0 Å². The molecule has 2 heterocycles. The van der Waals surface area contributed by atoms with Crippen LogP contribution in [-0.4, -0.2) is 16.1 Å². The van der Waals surface area contributed by atoms with Crippen LogP contribution in [0.3, 0.4) is 0 Å². The van der Waals surface area contributed by atoms with Crippen LogP contribution in [0.1, 0.15) is 57.0 Å². The van der Waals surface area contributed by atoms with Gasteiger partial charge in [-0.15, -0.1) is 0 Å². The molecule has 1 aromatic carbocycles. The maximum atomic E-state index is 13.1. The van der Waals surface area contributed by atoms with Crippen molar-refractivity contribution in [2.24, 2.45) is 0 Å². The van der Waals surface area contributed by atoms with Gasteiger partial charge in [0.05, 0.1) is 22.3 Å². The molecule has 5 nitrogen and oxygen atoms in total. The highest BCUT2D eigenvalue weighted by molar-refractivity contribution is 6.05. The molecule has 0 unspecified atom stereocenters. The van der Waals surface area contributed by atoms with E-state index in [1.54, 1.807) is 0 Å². The third-order valence-corrected chi connectivity index (χ3v) is 5.15. The predicted molar refractivity (Wildman–Crippen MR) is 98.2 cm³/mol. The Morgan fingerprint density at radius 3 is 2.77 bits per heavy atom. The molecule has 0 bridgehead atoms. The van der Waals surface area contributed by atoms with Crippen molar-refractivity contribution >= 4 is 16.9 Å². The van der Waals surface area contributed by atoms with E-state index >= 15 is 0 Å². The van der Waals surface area contributed by atoms with Crippen molar-refractivity contribution in [2.75, 3.05) is 0 Å². The Kier molecular flexibility index (Phi) is 4.23. The number of hydrogen-bond acceptors (Lipinski definition) is 5. The molecule has 3 aromatic rings. The summed E-state index contributed by atoms with van der Waals surface area (Å²) in [4.78, 5) is 17.9. The Morgan fingerprint density at radius 1 is 1.19 bits per heavy atom. The zero-order valence-electron chi connectivity index (χ0n) is 15.4. The molecule has 0 spiro atoms. The predicted octanol–water partition coefficient (Wildman–Crippen LogP) is 4.38. The molecule has 0 aliphatic heterocycles. The van der Waals surface area contributed by atoms with E-state index in [0.717, 1.165) is 64.7 Å². The normalized spacial score (nSPS) is 13.7. The number of rotatable bonds is 3. The van der Waals surface area contributed by atoms with E-state index in [0.29, 0.717) is 11.3 Å². The molecule has 1 aliphatic carbocycles. The highest BCUT2D eigenvalue weighted by Crippen LogP contribution is 2.30. The molecule has 1 aliphatic rings. The molecular formula is C21H22N2O3. The van der Waals surface area contributed by atoms with Crippen LogP contribution < -0.4 is 0 Å². The molecule has 26 heavy (non-hydrogen) atoms. The molecule has 0 saturated heterocycles. The van der Waals surface area contributed by atoms with Gasteiger partial charge in [-0.25, -0.2) is 4.79 Å². The van der Waals surface area contributed by atoms with E-state index in [4.69, 9.17) is 14.2 Å². The number of hydrogen-bond donors (Lipinski definition) is 0. The Hall–Kier alpha value is -2.69. The van der Waals surface area contributed by atoms with Crippen LogP contribution in [0.25, 0.3) is 10.9 Å². The minimum Gasteiger partial charge on any atom is -0.457 e. The summed E-state index contributed by atoms with van der Waals surface area (Å²) in [6.07, 6.45) is 3.99. The van der Waals surface area contributed by atoms with Gasteiger partial charge in [0.15, 0.2) is 0 Å². The fourth-order valence-electron chi connectivity index (χ4n) is 3.69. The van der Waals surface area contributed by atoms with E-state index < -0.39 is 0 Å². The molecule has 5 heteroatoms. The highest BCUT2D eigenvalue weighted by atomic mass is 16.5. The third-order valence-electron chi connectivity index (χ3n) is 5.15. The lowest BCUT2D eigenvalue weighted by molar-refractivity contribution is 0.0471. The van der Waals surface area contributed by atoms with Crippen molar-refractivity contribution in [2.45, 2.75) is 53.1 Å². The number of aryl methyl sites for hydroxylation is 4. The summed E-state index contributed by atoms with van der Waals surface area (Å²) in [5.74, 6) is 0.397. The number of carbonyl (C=O) groups is 1. The average molecular weight is 350 g/mol. The standard InChI is InChI=1S/C21H22N2O3/c1-12-8-9-19-16(10-12)20(15-6-4-5-7-18(15)22-19)21(24)25-11-17-13(2)23-26-14(17)3/h8-10H,4-7,11H2,1-3H3. The maximum absolute atomic E-state index is 13.1. The number of fused-ring (bicyclic) bond motifs is 2. The molecule has 0 N–H and O–H groups in total. The number of pyridine rings is 1. The van der Waals surface area contributed by atoms with Gasteiger partial charge in [0.2, 0.25) is 0 Å². The third kappa shape index (κ3) is 2.87. The first-order valence-electron chi connectivity index (χ1n) is 9.05. The lowest BCUT2D eigenvalue weighted by Gasteiger charge is -2.20. The van der Waals surface area contributed by atoms with Gasteiger partial charge >= 0.3 is 5.97 Å². The van der Waals surface area contributed by atoms with Gasteiger partial charge < -0.3 is 9.26 Å². The number of nitrogens with zero attached hydrogens (tertiary/aromatic N) is 2. The van der Waals surface area contributed by atoms with Crippen LogP contribution >= 0.6 is 0 Å². The van der Waals surface area contributed by atoms with Gasteiger partial charge in [0.25, 0.3) is 0 Å². The number of ether oxygens (including phenoxy) is 1. The van der Waals surface area contributed by atoms with Crippen LogP contribution in [0.15, 0.2) is 22.7 Å². The maximum Gasteiger partial charge on any atom is 0.339 e. The summed E-state index contributed by atoms with van der Waals surface area (Å²) in [6.45, 7) is 5.88. The second-order valence-electron chi connectivity index (χ2n) is 7.02. The topological polar surface area (TPSA) is 65.2 Å². The van der Waals surface area contributed by atoms with Crippen LogP contribution in [-0.2, 0) is 24.2 Å². The Morgan fingerprint density at radius 2 is 2.00 bits per heavy atom.